The number of hydrogen-bond acceptors (Lipinski definition) is 5. The Morgan fingerprint density at radius 1 is 1.15 bits per heavy atom. The first kappa shape index (κ1) is 21.7. The maximum Gasteiger partial charge on any atom is 0.254 e. The lowest BCUT2D eigenvalue weighted by atomic mass is 9.97. The van der Waals surface area contributed by atoms with E-state index in [0.717, 1.165) is 72.9 Å². The molecule has 33 heavy (non-hydrogen) atoms. The van der Waals surface area contributed by atoms with E-state index in [9.17, 15) is 4.79 Å². The van der Waals surface area contributed by atoms with Crippen molar-refractivity contribution in [3.63, 3.8) is 0 Å². The van der Waals surface area contributed by atoms with Crippen molar-refractivity contribution in [1.29, 1.82) is 0 Å². The van der Waals surface area contributed by atoms with Gasteiger partial charge in [0.1, 0.15) is 11.6 Å². The minimum Gasteiger partial charge on any atom is -0.496 e. The molecule has 2 aliphatic heterocycles. The Morgan fingerprint density at radius 3 is 2.76 bits per heavy atom. The average Bonchev–Trinajstić information content (AvgIpc) is 3.44. The van der Waals surface area contributed by atoms with Gasteiger partial charge in [-0.2, -0.15) is 5.10 Å². The van der Waals surface area contributed by atoms with Gasteiger partial charge in [-0.1, -0.05) is 13.0 Å². The molecule has 0 saturated carbocycles. The predicted octanol–water partition coefficient (Wildman–Crippen LogP) is 4.57. The van der Waals surface area contributed by atoms with Crippen LogP contribution in [0.25, 0.3) is 5.65 Å². The molecule has 1 unspecified atom stereocenters. The highest BCUT2D eigenvalue weighted by molar-refractivity contribution is 5.96. The van der Waals surface area contributed by atoms with Crippen LogP contribution in [-0.2, 0) is 0 Å². The summed E-state index contributed by atoms with van der Waals surface area (Å²) in [6, 6.07) is 7.69. The van der Waals surface area contributed by atoms with Gasteiger partial charge < -0.3 is 14.5 Å². The zero-order valence-corrected chi connectivity index (χ0v) is 20.0. The van der Waals surface area contributed by atoms with Gasteiger partial charge in [0.25, 0.3) is 5.91 Å². The molecule has 2 fully saturated rings. The SMILES string of the molecule is COc1cccc(C(=O)N2CCCCC2c2cc3nc(N4CC[C@H](C)C4)c(C)cn3n2)c1C. The number of methoxy groups -OCH3 is 1. The molecule has 7 heteroatoms. The molecular formula is C26H33N5O2. The van der Waals surface area contributed by atoms with Crippen LogP contribution in [0.5, 0.6) is 5.75 Å². The Hall–Kier alpha value is -3.09. The second-order valence-corrected chi connectivity index (χ2v) is 9.60. The Labute approximate surface area is 195 Å². The Morgan fingerprint density at radius 2 is 2.00 bits per heavy atom. The summed E-state index contributed by atoms with van der Waals surface area (Å²) < 4.78 is 7.32. The Balaban J connectivity index is 1.48. The maximum atomic E-state index is 13.6. The van der Waals surface area contributed by atoms with Crippen LogP contribution in [0.3, 0.4) is 0 Å². The van der Waals surface area contributed by atoms with Gasteiger partial charge in [-0.3, -0.25) is 4.79 Å². The van der Waals surface area contributed by atoms with E-state index < -0.39 is 0 Å². The fraction of sp³-hybridized carbons (Fsp3) is 0.500. The minimum absolute atomic E-state index is 0.0454. The van der Waals surface area contributed by atoms with Crippen molar-refractivity contribution < 1.29 is 9.53 Å². The lowest BCUT2D eigenvalue weighted by Crippen LogP contribution is -2.39. The average molecular weight is 448 g/mol. The van der Waals surface area contributed by atoms with E-state index >= 15 is 0 Å². The standard InChI is InChI=1S/C26H33N5O2/c1-17-11-13-29(15-17)25-18(2)16-31-24(27-25)14-21(28-31)22-9-5-6-12-30(22)26(32)20-8-7-10-23(33-4)19(20)3/h7-8,10,14,16-17,22H,5-6,9,11-13,15H2,1-4H3/t17-,22?/m0/s1. The maximum absolute atomic E-state index is 13.6. The van der Waals surface area contributed by atoms with Gasteiger partial charge in [-0.25, -0.2) is 9.50 Å². The number of benzene rings is 1. The molecule has 0 bridgehead atoms. The van der Waals surface area contributed by atoms with Gasteiger partial charge in [-0.15, -0.1) is 0 Å². The number of hydrogen-bond donors (Lipinski definition) is 0. The molecule has 0 N–H and O–H groups in total. The molecule has 1 amide bonds. The zero-order chi connectivity index (χ0) is 23.1. The summed E-state index contributed by atoms with van der Waals surface area (Å²) >= 11 is 0. The summed E-state index contributed by atoms with van der Waals surface area (Å²) in [6.07, 6.45) is 6.29. The van der Waals surface area contributed by atoms with Crippen molar-refractivity contribution >= 4 is 17.4 Å². The molecule has 2 saturated heterocycles. The van der Waals surface area contributed by atoms with Crippen LogP contribution in [-0.4, -0.2) is 52.1 Å². The van der Waals surface area contributed by atoms with Crippen LogP contribution in [0.4, 0.5) is 5.82 Å². The van der Waals surface area contributed by atoms with Crippen LogP contribution < -0.4 is 9.64 Å². The predicted molar refractivity (Wildman–Crippen MR) is 129 cm³/mol. The first-order valence-corrected chi connectivity index (χ1v) is 12.0. The number of likely N-dealkylation sites (tertiary alicyclic amines) is 1. The van der Waals surface area contributed by atoms with Crippen LogP contribution >= 0.6 is 0 Å². The van der Waals surface area contributed by atoms with Crippen molar-refractivity contribution in [1.82, 2.24) is 19.5 Å². The van der Waals surface area contributed by atoms with Crippen molar-refractivity contribution in [3.05, 3.63) is 52.8 Å². The number of aryl methyl sites for hydroxylation is 1. The lowest BCUT2D eigenvalue weighted by Gasteiger charge is -2.35. The smallest absolute Gasteiger partial charge is 0.254 e. The summed E-state index contributed by atoms with van der Waals surface area (Å²) in [5, 5.41) is 4.88. The number of carbonyl (C=O) groups is 1. The second kappa shape index (κ2) is 8.69. The number of piperidine rings is 1. The molecule has 0 radical (unpaired) electrons. The van der Waals surface area contributed by atoms with Crippen LogP contribution in [0, 0.1) is 19.8 Å². The highest BCUT2D eigenvalue weighted by Gasteiger charge is 2.32. The van der Waals surface area contributed by atoms with E-state index in [1.54, 1.807) is 7.11 Å². The van der Waals surface area contributed by atoms with Crippen LogP contribution in [0.1, 0.15) is 65.8 Å². The molecule has 174 valence electrons. The van der Waals surface area contributed by atoms with Crippen molar-refractivity contribution in [2.24, 2.45) is 5.92 Å². The Kier molecular flexibility index (Phi) is 5.72. The fourth-order valence-corrected chi connectivity index (χ4v) is 5.33. The number of amides is 1. The number of nitrogens with zero attached hydrogens (tertiary/aromatic N) is 5. The quantitative estimate of drug-likeness (QED) is 0.586. The number of anilines is 1. The van der Waals surface area contributed by atoms with Gasteiger partial charge in [0.05, 0.1) is 18.8 Å². The minimum atomic E-state index is -0.0471. The number of aromatic nitrogens is 3. The van der Waals surface area contributed by atoms with E-state index in [-0.39, 0.29) is 11.9 Å². The second-order valence-electron chi connectivity index (χ2n) is 9.60. The van der Waals surface area contributed by atoms with E-state index in [4.69, 9.17) is 14.8 Å². The molecule has 7 nitrogen and oxygen atoms in total. The monoisotopic (exact) mass is 447 g/mol. The fourth-order valence-electron chi connectivity index (χ4n) is 5.33. The van der Waals surface area contributed by atoms with E-state index in [2.05, 4.69) is 31.0 Å². The third-order valence-electron chi connectivity index (χ3n) is 7.19. The molecule has 2 atom stereocenters. The summed E-state index contributed by atoms with van der Waals surface area (Å²) in [4.78, 5) is 23.0. The number of fused-ring (bicyclic) bond motifs is 1. The van der Waals surface area contributed by atoms with Gasteiger partial charge in [0, 0.05) is 48.6 Å². The van der Waals surface area contributed by atoms with E-state index in [0.29, 0.717) is 11.5 Å². The van der Waals surface area contributed by atoms with Gasteiger partial charge in [0.2, 0.25) is 0 Å². The van der Waals surface area contributed by atoms with Crippen molar-refractivity contribution in [2.75, 3.05) is 31.6 Å². The lowest BCUT2D eigenvalue weighted by molar-refractivity contribution is 0.0604. The van der Waals surface area contributed by atoms with Gasteiger partial charge in [-0.05, 0) is 57.6 Å². The first-order chi connectivity index (χ1) is 16.0. The number of ether oxygens (including phenoxy) is 1. The topological polar surface area (TPSA) is 63.0 Å². The molecular weight excluding hydrogens is 414 g/mol. The largest absolute Gasteiger partial charge is 0.496 e. The molecule has 2 aliphatic rings. The van der Waals surface area contributed by atoms with Gasteiger partial charge in [0.15, 0.2) is 5.65 Å². The number of carbonyl (C=O) groups excluding carboxylic acids is 1. The third kappa shape index (κ3) is 3.94. The van der Waals surface area contributed by atoms with Crippen molar-refractivity contribution in [3.8, 4) is 5.75 Å². The summed E-state index contributed by atoms with van der Waals surface area (Å²) in [6.45, 7) is 9.19. The molecule has 2 aromatic heterocycles. The first-order valence-electron chi connectivity index (χ1n) is 12.0. The third-order valence-corrected chi connectivity index (χ3v) is 7.19. The summed E-state index contributed by atoms with van der Waals surface area (Å²) in [7, 11) is 1.64. The normalized spacial score (nSPS) is 21.1. The van der Waals surface area contributed by atoms with Crippen LogP contribution in [0.2, 0.25) is 0 Å². The Bertz CT molecular complexity index is 1190. The zero-order valence-electron chi connectivity index (χ0n) is 20.0. The molecule has 0 spiro atoms. The number of rotatable bonds is 4. The molecule has 3 aromatic rings. The molecule has 4 heterocycles. The van der Waals surface area contributed by atoms with Gasteiger partial charge >= 0.3 is 0 Å². The molecule has 0 aliphatic carbocycles. The van der Waals surface area contributed by atoms with Crippen molar-refractivity contribution in [2.45, 2.75) is 52.5 Å². The highest BCUT2D eigenvalue weighted by Crippen LogP contribution is 2.34. The van der Waals surface area contributed by atoms with Crippen LogP contribution in [0.15, 0.2) is 30.5 Å². The summed E-state index contributed by atoms with van der Waals surface area (Å²) in [5.74, 6) is 2.54. The highest BCUT2D eigenvalue weighted by atomic mass is 16.5. The van der Waals surface area contributed by atoms with E-state index in [1.165, 1.54) is 6.42 Å². The summed E-state index contributed by atoms with van der Waals surface area (Å²) in [5.41, 5.74) is 4.48. The van der Waals surface area contributed by atoms with E-state index in [1.807, 2.05) is 34.5 Å². The molecule has 5 rings (SSSR count). The molecule has 1 aromatic carbocycles.